The summed E-state index contributed by atoms with van der Waals surface area (Å²) in [5.41, 5.74) is 2.03. The van der Waals surface area contributed by atoms with Crippen LogP contribution >= 0.6 is 27.3 Å². The number of halogens is 1. The Labute approximate surface area is 119 Å². The highest BCUT2D eigenvalue weighted by Gasteiger charge is 2.19. The molecule has 0 N–H and O–H groups in total. The summed E-state index contributed by atoms with van der Waals surface area (Å²) in [6.45, 7) is 4.10. The molecule has 0 amide bonds. The van der Waals surface area contributed by atoms with Gasteiger partial charge in [0.25, 0.3) is 0 Å². The number of nitriles is 1. The molecule has 0 fully saturated rings. The minimum atomic E-state index is -0.112. The van der Waals surface area contributed by atoms with Crippen molar-refractivity contribution in [3.63, 3.8) is 0 Å². The van der Waals surface area contributed by atoms with E-state index in [9.17, 15) is 5.26 Å². The summed E-state index contributed by atoms with van der Waals surface area (Å²) in [5.74, 6) is 0.179. The minimum Gasteiger partial charge on any atom is -0.240 e. The van der Waals surface area contributed by atoms with E-state index in [-0.39, 0.29) is 5.92 Å². The maximum Gasteiger partial charge on any atom is 0.111 e. The zero-order chi connectivity index (χ0) is 13.1. The first-order chi connectivity index (χ1) is 8.61. The van der Waals surface area contributed by atoms with E-state index in [0.717, 1.165) is 20.7 Å². The molecule has 0 spiro atoms. The monoisotopic (exact) mass is 320 g/mol. The molecule has 0 aliphatic carbocycles. The van der Waals surface area contributed by atoms with E-state index in [1.165, 1.54) is 0 Å². The second-order valence-corrected chi connectivity index (χ2v) is 6.23. The van der Waals surface area contributed by atoms with E-state index in [0.29, 0.717) is 5.92 Å². The fourth-order valence-electron chi connectivity index (χ4n) is 1.67. The summed E-state index contributed by atoms with van der Waals surface area (Å²) >= 11 is 4.98. The van der Waals surface area contributed by atoms with Crippen molar-refractivity contribution in [1.82, 2.24) is 4.98 Å². The lowest BCUT2D eigenvalue weighted by atomic mass is 9.98. The van der Waals surface area contributed by atoms with Crippen LogP contribution in [0, 0.1) is 17.2 Å². The van der Waals surface area contributed by atoms with E-state index in [4.69, 9.17) is 0 Å². The second-order valence-electron chi connectivity index (χ2n) is 4.43. The molecule has 2 aromatic rings. The Hall–Kier alpha value is -1.18. The third-order valence-electron chi connectivity index (χ3n) is 2.73. The summed E-state index contributed by atoms with van der Waals surface area (Å²) in [7, 11) is 0. The van der Waals surface area contributed by atoms with Gasteiger partial charge in [0.1, 0.15) is 10.9 Å². The Morgan fingerprint density at radius 1 is 1.28 bits per heavy atom. The largest absolute Gasteiger partial charge is 0.240 e. The van der Waals surface area contributed by atoms with Crippen LogP contribution in [0.15, 0.2) is 34.1 Å². The Balaban J connectivity index is 2.31. The zero-order valence-corrected chi connectivity index (χ0v) is 12.6. The summed E-state index contributed by atoms with van der Waals surface area (Å²) < 4.78 is 1.05. The predicted octanol–water partition coefficient (Wildman–Crippen LogP) is 4.84. The van der Waals surface area contributed by atoms with Gasteiger partial charge in [0, 0.05) is 15.4 Å². The zero-order valence-electron chi connectivity index (χ0n) is 10.2. The quantitative estimate of drug-likeness (QED) is 0.811. The number of nitrogens with zero attached hydrogens (tertiary/aromatic N) is 2. The molecule has 1 heterocycles. The first-order valence-electron chi connectivity index (χ1n) is 5.73. The van der Waals surface area contributed by atoms with Gasteiger partial charge in [-0.05, 0) is 18.1 Å². The molecule has 2 nitrogen and oxygen atoms in total. The maximum atomic E-state index is 9.18. The molecule has 1 unspecified atom stereocenters. The van der Waals surface area contributed by atoms with Gasteiger partial charge in [-0.2, -0.15) is 5.26 Å². The van der Waals surface area contributed by atoms with Crippen LogP contribution < -0.4 is 0 Å². The minimum absolute atomic E-state index is 0.112. The van der Waals surface area contributed by atoms with Crippen molar-refractivity contribution in [1.29, 1.82) is 5.26 Å². The Morgan fingerprint density at radius 3 is 2.50 bits per heavy atom. The van der Waals surface area contributed by atoms with Crippen molar-refractivity contribution in [2.45, 2.75) is 19.8 Å². The van der Waals surface area contributed by atoms with Crippen LogP contribution in [-0.4, -0.2) is 4.98 Å². The van der Waals surface area contributed by atoms with Gasteiger partial charge in [-0.25, -0.2) is 4.98 Å². The van der Waals surface area contributed by atoms with E-state index >= 15 is 0 Å². The molecule has 0 saturated heterocycles. The highest BCUT2D eigenvalue weighted by Crippen LogP contribution is 2.30. The van der Waals surface area contributed by atoms with Crippen LogP contribution in [0.4, 0.5) is 0 Å². The van der Waals surface area contributed by atoms with Crippen molar-refractivity contribution in [3.05, 3.63) is 39.1 Å². The van der Waals surface area contributed by atoms with Crippen molar-refractivity contribution in [3.8, 4) is 17.3 Å². The van der Waals surface area contributed by atoms with Crippen molar-refractivity contribution < 1.29 is 0 Å². The fourth-order valence-corrected chi connectivity index (χ4v) is 2.98. The topological polar surface area (TPSA) is 36.7 Å². The maximum absolute atomic E-state index is 9.18. The second kappa shape index (κ2) is 5.64. The fraction of sp³-hybridized carbons (Fsp3) is 0.286. The van der Waals surface area contributed by atoms with Crippen molar-refractivity contribution >= 4 is 27.3 Å². The van der Waals surface area contributed by atoms with E-state index in [2.05, 4.69) is 40.8 Å². The van der Waals surface area contributed by atoms with Gasteiger partial charge in [0.15, 0.2) is 0 Å². The lowest BCUT2D eigenvalue weighted by Gasteiger charge is -2.08. The smallest absolute Gasteiger partial charge is 0.111 e. The van der Waals surface area contributed by atoms with Crippen molar-refractivity contribution in [2.24, 2.45) is 5.92 Å². The summed E-state index contributed by atoms with van der Waals surface area (Å²) in [6, 6.07) is 10.4. The molecule has 0 aliphatic rings. The number of benzene rings is 1. The van der Waals surface area contributed by atoms with Crippen LogP contribution in [0.25, 0.3) is 11.3 Å². The van der Waals surface area contributed by atoms with Gasteiger partial charge < -0.3 is 0 Å². The van der Waals surface area contributed by atoms with Gasteiger partial charge in [-0.1, -0.05) is 41.9 Å². The van der Waals surface area contributed by atoms with Gasteiger partial charge >= 0.3 is 0 Å². The Kier molecular flexibility index (Phi) is 4.15. The number of hydrogen-bond acceptors (Lipinski definition) is 3. The molecule has 1 atom stereocenters. The number of hydrogen-bond donors (Lipinski definition) is 0. The third-order valence-corrected chi connectivity index (χ3v) is 4.19. The van der Waals surface area contributed by atoms with Crippen LogP contribution in [0.5, 0.6) is 0 Å². The molecule has 1 aromatic heterocycles. The molecule has 1 aromatic carbocycles. The molecule has 0 aliphatic heterocycles. The number of thiazole rings is 1. The highest BCUT2D eigenvalue weighted by atomic mass is 79.9. The average molecular weight is 321 g/mol. The first kappa shape index (κ1) is 13.3. The standard InChI is InChI=1S/C14H13BrN2S/c1-9(2)12(7-16)14-17-13(8-18-14)10-3-5-11(15)6-4-10/h3-6,8-9,12H,1-2H3. The molecule has 0 saturated carbocycles. The van der Waals surface area contributed by atoms with E-state index < -0.39 is 0 Å². The number of aromatic nitrogens is 1. The average Bonchev–Trinajstić information content (AvgIpc) is 2.80. The molecule has 0 radical (unpaired) electrons. The molecular weight excluding hydrogens is 308 g/mol. The SMILES string of the molecule is CC(C)C(C#N)c1nc(-c2ccc(Br)cc2)cs1. The highest BCUT2D eigenvalue weighted by molar-refractivity contribution is 9.10. The lowest BCUT2D eigenvalue weighted by molar-refractivity contribution is 0.585. The molecular formula is C14H13BrN2S. The van der Waals surface area contributed by atoms with Gasteiger partial charge in [0.2, 0.25) is 0 Å². The summed E-state index contributed by atoms with van der Waals surface area (Å²) in [6.07, 6.45) is 0. The normalized spacial score (nSPS) is 12.4. The molecule has 2 rings (SSSR count). The summed E-state index contributed by atoms with van der Waals surface area (Å²) in [4.78, 5) is 4.58. The van der Waals surface area contributed by atoms with E-state index in [1.807, 2.05) is 29.6 Å². The van der Waals surface area contributed by atoms with Crippen molar-refractivity contribution in [2.75, 3.05) is 0 Å². The van der Waals surface area contributed by atoms with Crippen LogP contribution in [0.3, 0.4) is 0 Å². The van der Waals surface area contributed by atoms with Gasteiger partial charge in [-0.3, -0.25) is 0 Å². The van der Waals surface area contributed by atoms with Gasteiger partial charge in [0.05, 0.1) is 11.8 Å². The Morgan fingerprint density at radius 2 is 1.94 bits per heavy atom. The summed E-state index contributed by atoms with van der Waals surface area (Å²) in [5, 5.41) is 12.1. The lowest BCUT2D eigenvalue weighted by Crippen LogP contribution is -2.03. The van der Waals surface area contributed by atoms with Crippen LogP contribution in [0.1, 0.15) is 24.8 Å². The molecule has 92 valence electrons. The predicted molar refractivity (Wildman–Crippen MR) is 78.4 cm³/mol. The van der Waals surface area contributed by atoms with Crippen LogP contribution in [0.2, 0.25) is 0 Å². The van der Waals surface area contributed by atoms with E-state index in [1.54, 1.807) is 11.3 Å². The molecule has 4 heteroatoms. The molecule has 18 heavy (non-hydrogen) atoms. The number of rotatable bonds is 3. The molecule has 0 bridgehead atoms. The van der Waals surface area contributed by atoms with Crippen LogP contribution in [-0.2, 0) is 0 Å². The first-order valence-corrected chi connectivity index (χ1v) is 7.40. The third kappa shape index (κ3) is 2.80. The van der Waals surface area contributed by atoms with Gasteiger partial charge in [-0.15, -0.1) is 11.3 Å². The Bertz CT molecular complexity index is 566.